The summed E-state index contributed by atoms with van der Waals surface area (Å²) in [5.74, 6) is 0.615. The van der Waals surface area contributed by atoms with Crippen LogP contribution in [0, 0.1) is 0 Å². The van der Waals surface area contributed by atoms with Gasteiger partial charge in [-0.05, 0) is 43.5 Å². The summed E-state index contributed by atoms with van der Waals surface area (Å²) in [6.45, 7) is 4.18. The Morgan fingerprint density at radius 1 is 0.909 bits per heavy atom. The molecular weight excluding hydrogens is 452 g/mol. The second-order valence-electron chi connectivity index (χ2n) is 6.66. The number of carbonyl (C=O) groups excluding carboxylic acids is 1. The van der Waals surface area contributed by atoms with Crippen molar-refractivity contribution in [2.24, 2.45) is 5.14 Å². The highest BCUT2D eigenvalue weighted by Gasteiger charge is 2.23. The number of ether oxygens (including phenoxy) is 4. The molecular formula is C22H24N2O8S. The minimum absolute atomic E-state index is 0.148. The van der Waals surface area contributed by atoms with Crippen molar-refractivity contribution in [2.45, 2.75) is 13.8 Å². The van der Waals surface area contributed by atoms with E-state index in [4.69, 9.17) is 28.3 Å². The van der Waals surface area contributed by atoms with E-state index in [1.54, 1.807) is 13.0 Å². The number of methoxy groups -OCH3 is 2. The smallest absolute Gasteiger partial charge is 0.380 e. The number of hydrogen-bond acceptors (Lipinski definition) is 9. The third kappa shape index (κ3) is 5.10. The Bertz CT molecular complexity index is 1270. The molecule has 10 nitrogen and oxygen atoms in total. The van der Waals surface area contributed by atoms with Gasteiger partial charge in [0.2, 0.25) is 5.75 Å². The molecule has 1 heterocycles. The summed E-state index contributed by atoms with van der Waals surface area (Å²) in [4.78, 5) is 17.6. The van der Waals surface area contributed by atoms with Crippen LogP contribution in [0.5, 0.6) is 28.7 Å². The predicted octanol–water partition coefficient (Wildman–Crippen LogP) is 2.86. The molecule has 3 aromatic rings. The quantitative estimate of drug-likeness (QED) is 0.438. The molecule has 3 rings (SSSR count). The van der Waals surface area contributed by atoms with Crippen LogP contribution in [0.1, 0.15) is 29.8 Å². The lowest BCUT2D eigenvalue weighted by atomic mass is 9.98. The fourth-order valence-electron chi connectivity index (χ4n) is 3.30. The van der Waals surface area contributed by atoms with Gasteiger partial charge in [0, 0.05) is 28.9 Å². The van der Waals surface area contributed by atoms with E-state index in [1.165, 1.54) is 44.8 Å². The highest BCUT2D eigenvalue weighted by Crippen LogP contribution is 2.41. The normalized spacial score (nSPS) is 11.2. The van der Waals surface area contributed by atoms with Crippen LogP contribution >= 0.6 is 0 Å². The molecule has 11 heteroatoms. The Kier molecular flexibility index (Phi) is 7.24. The molecule has 0 aliphatic rings. The monoisotopic (exact) mass is 476 g/mol. The van der Waals surface area contributed by atoms with Crippen molar-refractivity contribution >= 4 is 26.9 Å². The highest BCUT2D eigenvalue weighted by molar-refractivity contribution is 7.84. The first-order chi connectivity index (χ1) is 15.7. The minimum Gasteiger partial charge on any atom is -0.493 e. The molecule has 0 atom stereocenters. The van der Waals surface area contributed by atoms with Crippen molar-refractivity contribution < 1.29 is 36.3 Å². The summed E-state index contributed by atoms with van der Waals surface area (Å²) in [5, 5.41) is 5.72. The van der Waals surface area contributed by atoms with E-state index in [9.17, 15) is 13.2 Å². The number of rotatable bonds is 10. The van der Waals surface area contributed by atoms with Gasteiger partial charge in [0.15, 0.2) is 28.8 Å². The van der Waals surface area contributed by atoms with Crippen molar-refractivity contribution in [3.63, 3.8) is 0 Å². The molecule has 1 aromatic heterocycles. The van der Waals surface area contributed by atoms with Crippen LogP contribution < -0.4 is 28.3 Å². The first-order valence-corrected chi connectivity index (χ1v) is 11.4. The summed E-state index contributed by atoms with van der Waals surface area (Å²) in [6, 6.07) is 6.19. The summed E-state index contributed by atoms with van der Waals surface area (Å²) < 4.78 is 50.1. The second-order valence-corrected chi connectivity index (χ2v) is 7.81. The highest BCUT2D eigenvalue weighted by atomic mass is 32.2. The zero-order chi connectivity index (χ0) is 24.2. The lowest BCUT2D eigenvalue weighted by Crippen LogP contribution is -2.19. The number of pyridine rings is 1. The van der Waals surface area contributed by atoms with Crippen molar-refractivity contribution in [1.29, 1.82) is 0 Å². The first kappa shape index (κ1) is 24.1. The van der Waals surface area contributed by atoms with Gasteiger partial charge < -0.3 is 23.1 Å². The van der Waals surface area contributed by atoms with Gasteiger partial charge >= 0.3 is 10.3 Å². The van der Waals surface area contributed by atoms with Gasteiger partial charge in [-0.15, -0.1) is 0 Å². The van der Waals surface area contributed by atoms with E-state index >= 15 is 0 Å². The van der Waals surface area contributed by atoms with Crippen molar-refractivity contribution in [2.75, 3.05) is 27.4 Å². The number of hydrogen-bond donors (Lipinski definition) is 1. The largest absolute Gasteiger partial charge is 0.493 e. The molecule has 0 spiro atoms. The van der Waals surface area contributed by atoms with Crippen LogP contribution in [0.25, 0.3) is 10.8 Å². The van der Waals surface area contributed by atoms with Gasteiger partial charge in [0.05, 0.1) is 27.4 Å². The standard InChI is InChI=1S/C22H24N2O8S/c1-5-30-17-8-7-14-15(11-24-12-16(14)21(17)32-33(23,26)27)20(25)13-9-18(28-3)22(31-6-2)19(10-13)29-4/h7-12H,5-6H2,1-4H3,(H2,23,26,27). The van der Waals surface area contributed by atoms with Crippen molar-refractivity contribution in [3.05, 3.63) is 47.8 Å². The molecule has 2 N–H and O–H groups in total. The molecule has 176 valence electrons. The van der Waals surface area contributed by atoms with Gasteiger partial charge in [-0.25, -0.2) is 0 Å². The van der Waals surface area contributed by atoms with Crippen LogP contribution in [-0.2, 0) is 10.3 Å². The fraction of sp³-hybridized carbons (Fsp3) is 0.273. The van der Waals surface area contributed by atoms with Crippen molar-refractivity contribution in [3.8, 4) is 28.7 Å². The number of carbonyl (C=O) groups is 1. The molecule has 0 radical (unpaired) electrons. The first-order valence-electron chi connectivity index (χ1n) is 9.93. The van der Waals surface area contributed by atoms with Crippen LogP contribution in [0.4, 0.5) is 0 Å². The number of benzene rings is 2. The van der Waals surface area contributed by atoms with E-state index in [1.807, 2.05) is 6.92 Å². The van der Waals surface area contributed by atoms with Crippen LogP contribution in [0.15, 0.2) is 36.7 Å². The Balaban J connectivity index is 2.20. The molecule has 0 unspecified atom stereocenters. The molecule has 33 heavy (non-hydrogen) atoms. The average molecular weight is 477 g/mol. The average Bonchev–Trinajstić information content (AvgIpc) is 2.79. The van der Waals surface area contributed by atoms with Gasteiger partial charge in [-0.1, -0.05) is 0 Å². The van der Waals surface area contributed by atoms with Gasteiger partial charge in [-0.3, -0.25) is 9.78 Å². The van der Waals surface area contributed by atoms with E-state index in [0.717, 1.165) is 0 Å². The van der Waals surface area contributed by atoms with E-state index in [2.05, 4.69) is 4.98 Å². The SMILES string of the molecule is CCOc1ccc2c(C(=O)c3cc(OC)c(OCC)c(OC)c3)cncc2c1OS(N)(=O)=O. The zero-order valence-electron chi connectivity index (χ0n) is 18.6. The lowest BCUT2D eigenvalue weighted by Gasteiger charge is -2.16. The van der Waals surface area contributed by atoms with E-state index < -0.39 is 16.1 Å². The number of nitrogens with zero attached hydrogens (tertiary/aromatic N) is 1. The predicted molar refractivity (Wildman–Crippen MR) is 121 cm³/mol. The summed E-state index contributed by atoms with van der Waals surface area (Å²) >= 11 is 0. The molecule has 0 bridgehead atoms. The second kappa shape index (κ2) is 9.92. The molecule has 2 aromatic carbocycles. The molecule has 0 saturated carbocycles. The molecule has 0 aliphatic heterocycles. The minimum atomic E-state index is -4.36. The Hall–Kier alpha value is -3.57. The third-order valence-corrected chi connectivity index (χ3v) is 5.01. The lowest BCUT2D eigenvalue weighted by molar-refractivity contribution is 0.103. The third-order valence-electron chi connectivity index (χ3n) is 4.61. The Morgan fingerprint density at radius 3 is 2.09 bits per heavy atom. The number of aromatic nitrogens is 1. The maximum Gasteiger partial charge on any atom is 0.380 e. The number of fused-ring (bicyclic) bond motifs is 1. The molecule has 0 aliphatic carbocycles. The number of ketones is 1. The topological polar surface area (TPSA) is 136 Å². The van der Waals surface area contributed by atoms with E-state index in [-0.39, 0.29) is 34.6 Å². The van der Waals surface area contributed by atoms with Crippen LogP contribution in [0.3, 0.4) is 0 Å². The molecule has 0 fully saturated rings. The van der Waals surface area contributed by atoms with E-state index in [0.29, 0.717) is 29.2 Å². The summed E-state index contributed by atoms with van der Waals surface area (Å²) in [6.07, 6.45) is 2.75. The summed E-state index contributed by atoms with van der Waals surface area (Å²) in [7, 11) is -1.45. The summed E-state index contributed by atoms with van der Waals surface area (Å²) in [5.41, 5.74) is 0.451. The fourth-order valence-corrected chi connectivity index (χ4v) is 3.71. The molecule has 0 saturated heterocycles. The van der Waals surface area contributed by atoms with Gasteiger partial charge in [0.1, 0.15) is 0 Å². The maximum absolute atomic E-state index is 13.5. The van der Waals surface area contributed by atoms with Crippen LogP contribution in [-0.4, -0.2) is 46.6 Å². The number of nitrogens with two attached hydrogens (primary N) is 1. The van der Waals surface area contributed by atoms with Gasteiger partial charge in [0.25, 0.3) is 0 Å². The van der Waals surface area contributed by atoms with Crippen LogP contribution in [0.2, 0.25) is 0 Å². The van der Waals surface area contributed by atoms with Gasteiger partial charge in [-0.2, -0.15) is 13.6 Å². The molecule has 0 amide bonds. The zero-order valence-corrected chi connectivity index (χ0v) is 19.4. The Labute approximate surface area is 191 Å². The van der Waals surface area contributed by atoms with Crippen molar-refractivity contribution in [1.82, 2.24) is 4.98 Å². The maximum atomic E-state index is 13.5. The Morgan fingerprint density at radius 2 is 1.55 bits per heavy atom.